The zero-order valence-electron chi connectivity index (χ0n) is 10.3. The number of rotatable bonds is 2. The van der Waals surface area contributed by atoms with Crippen molar-refractivity contribution < 1.29 is 13.2 Å². The van der Waals surface area contributed by atoms with Crippen molar-refractivity contribution >= 4 is 0 Å². The van der Waals surface area contributed by atoms with Gasteiger partial charge in [-0.05, 0) is 19.3 Å². The van der Waals surface area contributed by atoms with Crippen LogP contribution in [0.2, 0.25) is 0 Å². The van der Waals surface area contributed by atoms with Crippen LogP contribution in [0, 0.1) is 0 Å². The van der Waals surface area contributed by atoms with Crippen molar-refractivity contribution in [1.29, 1.82) is 0 Å². The third kappa shape index (κ3) is 2.94. The molecule has 2 aliphatic rings. The molecule has 1 unspecified atom stereocenters. The van der Waals surface area contributed by atoms with Gasteiger partial charge in [0.2, 0.25) is 0 Å². The number of nitrogens with zero attached hydrogens (tertiary/aromatic N) is 1. The highest BCUT2D eigenvalue weighted by Gasteiger charge is 2.46. The molecule has 1 saturated heterocycles. The van der Waals surface area contributed by atoms with Gasteiger partial charge in [-0.3, -0.25) is 4.90 Å². The van der Waals surface area contributed by atoms with Gasteiger partial charge in [0.15, 0.2) is 0 Å². The molecule has 2 rings (SSSR count). The number of piperazine rings is 1. The van der Waals surface area contributed by atoms with Crippen molar-refractivity contribution in [2.24, 2.45) is 0 Å². The molecule has 0 radical (unpaired) electrons. The van der Waals surface area contributed by atoms with Gasteiger partial charge < -0.3 is 5.32 Å². The van der Waals surface area contributed by atoms with Gasteiger partial charge in [0, 0.05) is 24.7 Å². The average Bonchev–Trinajstić information content (AvgIpc) is 2.69. The van der Waals surface area contributed by atoms with Crippen LogP contribution < -0.4 is 5.32 Å². The van der Waals surface area contributed by atoms with Crippen LogP contribution in [0.15, 0.2) is 0 Å². The Bertz CT molecular complexity index is 259. The van der Waals surface area contributed by atoms with Crippen LogP contribution in [-0.2, 0) is 0 Å². The van der Waals surface area contributed by atoms with Gasteiger partial charge in [-0.1, -0.05) is 19.8 Å². The molecule has 1 spiro atoms. The van der Waals surface area contributed by atoms with Crippen LogP contribution in [0.3, 0.4) is 0 Å². The second-order valence-corrected chi connectivity index (χ2v) is 5.41. The molecular weight excluding hydrogens is 229 g/mol. The van der Waals surface area contributed by atoms with E-state index in [1.54, 1.807) is 4.90 Å². The van der Waals surface area contributed by atoms with Crippen molar-refractivity contribution in [3.05, 3.63) is 0 Å². The lowest BCUT2D eigenvalue weighted by atomic mass is 9.90. The average molecular weight is 250 g/mol. The predicted molar refractivity (Wildman–Crippen MR) is 60.9 cm³/mol. The van der Waals surface area contributed by atoms with Crippen molar-refractivity contribution in [2.75, 3.05) is 19.6 Å². The predicted octanol–water partition coefficient (Wildman–Crippen LogP) is 2.55. The van der Waals surface area contributed by atoms with Crippen LogP contribution in [0.1, 0.15) is 39.0 Å². The minimum absolute atomic E-state index is 0.212. The van der Waals surface area contributed by atoms with Gasteiger partial charge >= 0.3 is 6.18 Å². The van der Waals surface area contributed by atoms with Gasteiger partial charge in [-0.25, -0.2) is 0 Å². The molecule has 0 aromatic carbocycles. The Morgan fingerprint density at radius 3 is 2.47 bits per heavy atom. The first-order valence-electron chi connectivity index (χ1n) is 6.50. The fraction of sp³-hybridized carbons (Fsp3) is 1.00. The Kier molecular flexibility index (Phi) is 3.69. The SMILES string of the molecule is CCC1CN(CC(F)(F)F)C2(CCCC2)CN1. The minimum atomic E-state index is -4.08. The van der Waals surface area contributed by atoms with Crippen molar-refractivity contribution in [1.82, 2.24) is 10.2 Å². The van der Waals surface area contributed by atoms with Crippen molar-refractivity contribution in [3.8, 4) is 0 Å². The smallest absolute Gasteiger partial charge is 0.311 e. The Hall–Kier alpha value is -0.290. The quantitative estimate of drug-likeness (QED) is 0.810. The molecule has 5 heteroatoms. The second-order valence-electron chi connectivity index (χ2n) is 5.41. The lowest BCUT2D eigenvalue weighted by Gasteiger charge is -2.48. The van der Waals surface area contributed by atoms with E-state index >= 15 is 0 Å². The highest BCUT2D eigenvalue weighted by Crippen LogP contribution is 2.38. The molecular formula is C12H21F3N2. The van der Waals surface area contributed by atoms with Gasteiger partial charge in [-0.15, -0.1) is 0 Å². The van der Waals surface area contributed by atoms with E-state index in [-0.39, 0.29) is 11.6 Å². The van der Waals surface area contributed by atoms with Crippen LogP contribution in [0.25, 0.3) is 0 Å². The first kappa shape index (κ1) is 13.1. The lowest BCUT2D eigenvalue weighted by molar-refractivity contribution is -0.164. The Morgan fingerprint density at radius 2 is 1.94 bits per heavy atom. The summed E-state index contributed by atoms with van der Waals surface area (Å²) in [5, 5.41) is 3.41. The van der Waals surface area contributed by atoms with Gasteiger partial charge in [0.05, 0.1) is 6.54 Å². The van der Waals surface area contributed by atoms with Gasteiger partial charge in [-0.2, -0.15) is 13.2 Å². The molecule has 0 bridgehead atoms. The zero-order chi connectivity index (χ0) is 12.5. The molecule has 100 valence electrons. The Balaban J connectivity index is 2.09. The fourth-order valence-corrected chi connectivity index (χ4v) is 3.22. The Morgan fingerprint density at radius 1 is 1.29 bits per heavy atom. The van der Waals surface area contributed by atoms with Crippen molar-refractivity contribution in [2.45, 2.75) is 56.8 Å². The van der Waals surface area contributed by atoms with E-state index in [0.717, 1.165) is 38.6 Å². The lowest BCUT2D eigenvalue weighted by Crippen LogP contribution is -2.64. The Labute approximate surface area is 101 Å². The summed E-state index contributed by atoms with van der Waals surface area (Å²) in [5.41, 5.74) is -0.221. The second kappa shape index (κ2) is 4.76. The molecule has 1 N–H and O–H groups in total. The molecule has 0 aromatic rings. The van der Waals surface area contributed by atoms with E-state index in [2.05, 4.69) is 5.32 Å². The summed E-state index contributed by atoms with van der Waals surface area (Å²) in [6, 6.07) is 0.212. The van der Waals surface area contributed by atoms with E-state index in [0.29, 0.717) is 6.54 Å². The van der Waals surface area contributed by atoms with E-state index in [4.69, 9.17) is 0 Å². The number of halogens is 3. The summed E-state index contributed by atoms with van der Waals surface area (Å²) in [5.74, 6) is 0. The van der Waals surface area contributed by atoms with Crippen LogP contribution >= 0.6 is 0 Å². The molecule has 1 saturated carbocycles. The summed E-state index contributed by atoms with van der Waals surface area (Å²) in [6.45, 7) is 2.54. The third-order valence-corrected chi connectivity index (χ3v) is 4.23. The molecule has 1 atom stereocenters. The summed E-state index contributed by atoms with van der Waals surface area (Å²) in [4.78, 5) is 1.70. The maximum Gasteiger partial charge on any atom is 0.401 e. The fourth-order valence-electron chi connectivity index (χ4n) is 3.22. The summed E-state index contributed by atoms with van der Waals surface area (Å²) in [7, 11) is 0. The minimum Gasteiger partial charge on any atom is -0.311 e. The number of hydrogen-bond donors (Lipinski definition) is 1. The molecule has 1 aliphatic heterocycles. The van der Waals surface area contributed by atoms with E-state index in [1.807, 2.05) is 6.92 Å². The molecule has 1 aliphatic carbocycles. The summed E-state index contributed by atoms with van der Waals surface area (Å²) >= 11 is 0. The normalized spacial score (nSPS) is 30.0. The first-order valence-corrected chi connectivity index (χ1v) is 6.50. The molecule has 0 aromatic heterocycles. The van der Waals surface area contributed by atoms with Crippen molar-refractivity contribution in [3.63, 3.8) is 0 Å². The van der Waals surface area contributed by atoms with E-state index < -0.39 is 12.7 Å². The van der Waals surface area contributed by atoms with Gasteiger partial charge in [0.1, 0.15) is 0 Å². The molecule has 0 amide bonds. The summed E-state index contributed by atoms with van der Waals surface area (Å²) in [6.07, 6.45) is 0.758. The monoisotopic (exact) mass is 250 g/mol. The third-order valence-electron chi connectivity index (χ3n) is 4.23. The van der Waals surface area contributed by atoms with E-state index in [1.165, 1.54) is 0 Å². The topological polar surface area (TPSA) is 15.3 Å². The van der Waals surface area contributed by atoms with Crippen LogP contribution in [-0.4, -0.2) is 42.3 Å². The van der Waals surface area contributed by atoms with E-state index in [9.17, 15) is 13.2 Å². The zero-order valence-corrected chi connectivity index (χ0v) is 10.3. The first-order chi connectivity index (χ1) is 7.95. The maximum atomic E-state index is 12.6. The largest absolute Gasteiger partial charge is 0.401 e. The van der Waals surface area contributed by atoms with Gasteiger partial charge in [0.25, 0.3) is 0 Å². The molecule has 1 heterocycles. The number of alkyl halides is 3. The highest BCUT2D eigenvalue weighted by molar-refractivity contribution is 5.02. The number of nitrogens with one attached hydrogen (secondary N) is 1. The maximum absolute atomic E-state index is 12.6. The number of hydrogen-bond acceptors (Lipinski definition) is 2. The molecule has 2 nitrogen and oxygen atoms in total. The van der Waals surface area contributed by atoms with Crippen LogP contribution in [0.5, 0.6) is 0 Å². The highest BCUT2D eigenvalue weighted by atomic mass is 19.4. The molecule has 2 fully saturated rings. The van der Waals surface area contributed by atoms with Crippen LogP contribution in [0.4, 0.5) is 13.2 Å². The standard InChI is InChI=1S/C12H21F3N2/c1-2-10-7-17(9-12(13,14)15)11(8-16-10)5-3-4-6-11/h10,16H,2-9H2,1H3. The molecule has 17 heavy (non-hydrogen) atoms. The summed E-state index contributed by atoms with van der Waals surface area (Å²) < 4.78 is 37.9.